The standard InChI is InChI=1S/C19H20N4O2S/c1-24-18-8-7-16-17(9-10-22-19(16)23-18)25-12-13-3-2-4-15(11-13)26(20,21)14-5-6-14/h2-4,7-11,14,20-21H,5-6,12H2,1H3. The van der Waals surface area contributed by atoms with Crippen molar-refractivity contribution in [2.24, 2.45) is 0 Å². The second-order valence-corrected chi connectivity index (χ2v) is 8.79. The average Bonchev–Trinajstić information content (AvgIpc) is 3.52. The first kappa shape index (κ1) is 16.8. The number of rotatable bonds is 6. The van der Waals surface area contributed by atoms with Gasteiger partial charge in [-0.1, -0.05) is 12.1 Å². The summed E-state index contributed by atoms with van der Waals surface area (Å²) in [6.07, 6.45) is 3.67. The van der Waals surface area contributed by atoms with Gasteiger partial charge in [0.15, 0.2) is 5.65 Å². The molecule has 0 radical (unpaired) electrons. The molecule has 134 valence electrons. The molecule has 7 heteroatoms. The van der Waals surface area contributed by atoms with Gasteiger partial charge in [0.05, 0.1) is 12.5 Å². The van der Waals surface area contributed by atoms with Gasteiger partial charge in [-0.15, -0.1) is 0 Å². The Kier molecular flexibility index (Phi) is 4.24. The third-order valence-electron chi connectivity index (χ3n) is 4.44. The molecule has 2 aromatic heterocycles. The van der Waals surface area contributed by atoms with Crippen molar-refractivity contribution in [3.63, 3.8) is 0 Å². The minimum absolute atomic E-state index is 0.226. The number of aromatic nitrogens is 2. The number of hydrogen-bond donors (Lipinski definition) is 2. The van der Waals surface area contributed by atoms with E-state index in [9.17, 15) is 0 Å². The highest BCUT2D eigenvalue weighted by Crippen LogP contribution is 2.35. The Bertz CT molecular complexity index is 1060. The SMILES string of the molecule is COc1ccc2c(OCc3cccc(S(=N)(=N)C4CC4)c3)ccnc2n1. The van der Waals surface area contributed by atoms with Crippen LogP contribution in [0, 0.1) is 9.56 Å². The van der Waals surface area contributed by atoms with Gasteiger partial charge >= 0.3 is 0 Å². The first-order valence-corrected chi connectivity index (χ1v) is 10.1. The van der Waals surface area contributed by atoms with Crippen LogP contribution in [0.15, 0.2) is 53.6 Å². The van der Waals surface area contributed by atoms with Crippen LogP contribution in [0.5, 0.6) is 11.6 Å². The Hall–Kier alpha value is -2.67. The lowest BCUT2D eigenvalue weighted by Gasteiger charge is -2.13. The maximum atomic E-state index is 8.40. The summed E-state index contributed by atoms with van der Waals surface area (Å²) in [6, 6.07) is 13.2. The Morgan fingerprint density at radius 1 is 1.15 bits per heavy atom. The van der Waals surface area contributed by atoms with Crippen LogP contribution in [0.1, 0.15) is 18.4 Å². The summed E-state index contributed by atoms with van der Waals surface area (Å²) in [5.41, 5.74) is 1.54. The smallest absolute Gasteiger partial charge is 0.215 e. The molecule has 1 aliphatic rings. The molecule has 3 aromatic rings. The van der Waals surface area contributed by atoms with Crippen LogP contribution in [-0.2, 0) is 16.2 Å². The number of benzene rings is 1. The summed E-state index contributed by atoms with van der Waals surface area (Å²) < 4.78 is 27.9. The summed E-state index contributed by atoms with van der Waals surface area (Å²) >= 11 is 0. The maximum Gasteiger partial charge on any atom is 0.215 e. The lowest BCUT2D eigenvalue weighted by atomic mass is 10.2. The van der Waals surface area contributed by atoms with Gasteiger partial charge in [-0.3, -0.25) is 9.56 Å². The molecule has 0 bridgehead atoms. The molecule has 0 spiro atoms. The second-order valence-electron chi connectivity index (χ2n) is 6.33. The van der Waals surface area contributed by atoms with Crippen molar-refractivity contribution in [1.82, 2.24) is 9.97 Å². The van der Waals surface area contributed by atoms with Crippen LogP contribution in [0.2, 0.25) is 0 Å². The number of hydrogen-bond acceptors (Lipinski definition) is 6. The molecule has 0 amide bonds. The molecule has 1 aromatic carbocycles. The predicted octanol–water partition coefficient (Wildman–Crippen LogP) is 4.42. The van der Waals surface area contributed by atoms with E-state index in [1.54, 1.807) is 19.4 Å². The minimum atomic E-state index is -2.20. The fraction of sp³-hybridized carbons (Fsp3) is 0.263. The van der Waals surface area contributed by atoms with Gasteiger partial charge < -0.3 is 9.47 Å². The summed E-state index contributed by atoms with van der Waals surface area (Å²) in [6.45, 7) is 0.374. The highest BCUT2D eigenvalue weighted by Gasteiger charge is 2.30. The molecule has 1 saturated carbocycles. The second kappa shape index (κ2) is 6.57. The molecule has 2 heterocycles. The molecule has 0 unspecified atom stereocenters. The van der Waals surface area contributed by atoms with Crippen LogP contribution in [0.3, 0.4) is 0 Å². The number of nitrogens with one attached hydrogen (secondary N) is 2. The zero-order chi connectivity index (χ0) is 18.1. The minimum Gasteiger partial charge on any atom is -0.488 e. The summed E-state index contributed by atoms with van der Waals surface area (Å²) in [4.78, 5) is 9.40. The fourth-order valence-corrected chi connectivity index (χ4v) is 4.70. The van der Waals surface area contributed by atoms with Crippen molar-refractivity contribution in [2.45, 2.75) is 29.6 Å². The lowest BCUT2D eigenvalue weighted by Crippen LogP contribution is -2.04. The molecular formula is C19H20N4O2S. The number of nitrogens with zero attached hydrogens (tertiary/aromatic N) is 2. The van der Waals surface area contributed by atoms with E-state index in [-0.39, 0.29) is 5.25 Å². The van der Waals surface area contributed by atoms with E-state index in [0.717, 1.165) is 28.7 Å². The van der Waals surface area contributed by atoms with E-state index in [1.807, 2.05) is 36.4 Å². The maximum absolute atomic E-state index is 8.40. The topological polar surface area (TPSA) is 91.9 Å². The van der Waals surface area contributed by atoms with E-state index >= 15 is 0 Å². The van der Waals surface area contributed by atoms with Gasteiger partial charge in [0, 0.05) is 22.4 Å². The molecule has 0 aliphatic heterocycles. The molecule has 6 nitrogen and oxygen atoms in total. The highest BCUT2D eigenvalue weighted by molar-refractivity contribution is 7.94. The van der Waals surface area contributed by atoms with Gasteiger partial charge in [-0.25, -0.2) is 4.98 Å². The largest absolute Gasteiger partial charge is 0.488 e. The van der Waals surface area contributed by atoms with Crippen molar-refractivity contribution in [3.8, 4) is 11.6 Å². The van der Waals surface area contributed by atoms with E-state index < -0.39 is 9.62 Å². The molecule has 0 saturated heterocycles. The van der Waals surface area contributed by atoms with Crippen LogP contribution in [0.25, 0.3) is 11.0 Å². The average molecular weight is 368 g/mol. The van der Waals surface area contributed by atoms with E-state index in [1.165, 1.54) is 0 Å². The third kappa shape index (κ3) is 3.22. The zero-order valence-electron chi connectivity index (χ0n) is 14.4. The van der Waals surface area contributed by atoms with E-state index in [4.69, 9.17) is 19.0 Å². The number of fused-ring (bicyclic) bond motifs is 1. The molecule has 4 rings (SSSR count). The van der Waals surface area contributed by atoms with Crippen molar-refractivity contribution < 1.29 is 9.47 Å². The molecule has 26 heavy (non-hydrogen) atoms. The Labute approximate surface area is 152 Å². The van der Waals surface area contributed by atoms with E-state index in [0.29, 0.717) is 23.9 Å². The van der Waals surface area contributed by atoms with Gasteiger partial charge in [0.25, 0.3) is 0 Å². The monoisotopic (exact) mass is 368 g/mol. The molecule has 0 atom stereocenters. The molecule has 1 fully saturated rings. The summed E-state index contributed by atoms with van der Waals surface area (Å²) in [5.74, 6) is 1.22. The Balaban J connectivity index is 1.57. The van der Waals surface area contributed by atoms with Gasteiger partial charge in [0.1, 0.15) is 12.4 Å². The van der Waals surface area contributed by atoms with Gasteiger partial charge in [-0.2, -0.15) is 4.98 Å². The van der Waals surface area contributed by atoms with Crippen molar-refractivity contribution in [2.75, 3.05) is 7.11 Å². The fourth-order valence-electron chi connectivity index (χ4n) is 2.84. The van der Waals surface area contributed by atoms with Crippen LogP contribution < -0.4 is 9.47 Å². The predicted molar refractivity (Wildman–Crippen MR) is 101 cm³/mol. The first-order valence-electron chi connectivity index (χ1n) is 8.41. The van der Waals surface area contributed by atoms with E-state index in [2.05, 4.69) is 9.97 Å². The van der Waals surface area contributed by atoms with Crippen LogP contribution >= 0.6 is 0 Å². The van der Waals surface area contributed by atoms with Crippen LogP contribution in [0.4, 0.5) is 0 Å². The quantitative estimate of drug-likeness (QED) is 0.674. The normalized spacial score (nSPS) is 14.3. The summed E-state index contributed by atoms with van der Waals surface area (Å²) in [7, 11) is -0.630. The first-order chi connectivity index (χ1) is 12.6. The Morgan fingerprint density at radius 2 is 2.00 bits per heavy atom. The molecule has 1 aliphatic carbocycles. The summed E-state index contributed by atoms with van der Waals surface area (Å²) in [5, 5.41) is 1.05. The molecule has 2 N–H and O–H groups in total. The number of methoxy groups -OCH3 is 1. The lowest BCUT2D eigenvalue weighted by molar-refractivity contribution is 0.309. The zero-order valence-corrected chi connectivity index (χ0v) is 15.3. The van der Waals surface area contributed by atoms with Gasteiger partial charge in [-0.05, 0) is 52.3 Å². The third-order valence-corrected chi connectivity index (χ3v) is 6.90. The van der Waals surface area contributed by atoms with Crippen molar-refractivity contribution in [1.29, 1.82) is 9.56 Å². The molecular weight excluding hydrogens is 348 g/mol. The van der Waals surface area contributed by atoms with Crippen LogP contribution in [-0.4, -0.2) is 22.3 Å². The highest BCUT2D eigenvalue weighted by atomic mass is 32.2. The Morgan fingerprint density at radius 3 is 2.77 bits per heavy atom. The number of ether oxygens (including phenoxy) is 2. The van der Waals surface area contributed by atoms with Crippen molar-refractivity contribution >= 4 is 20.7 Å². The van der Waals surface area contributed by atoms with Gasteiger partial charge in [0.2, 0.25) is 5.88 Å². The number of pyridine rings is 2. The van der Waals surface area contributed by atoms with Crippen molar-refractivity contribution in [3.05, 3.63) is 54.2 Å².